The van der Waals surface area contributed by atoms with Gasteiger partial charge in [0.2, 0.25) is 0 Å². The van der Waals surface area contributed by atoms with E-state index in [-0.39, 0.29) is 50.1 Å². The van der Waals surface area contributed by atoms with E-state index in [4.69, 9.17) is 9.47 Å². The van der Waals surface area contributed by atoms with Gasteiger partial charge in [0, 0.05) is 31.7 Å². The van der Waals surface area contributed by atoms with E-state index in [0.29, 0.717) is 5.56 Å². The lowest BCUT2D eigenvalue weighted by atomic mass is 10.2. The van der Waals surface area contributed by atoms with E-state index >= 15 is 0 Å². The van der Waals surface area contributed by atoms with Crippen LogP contribution in [0.2, 0.25) is 0 Å². The number of nitrogens with zero attached hydrogens (tertiary/aromatic N) is 1. The number of carbonyl (C=O) groups is 2. The van der Waals surface area contributed by atoms with Crippen LogP contribution >= 0.6 is 0 Å². The van der Waals surface area contributed by atoms with E-state index in [1.54, 1.807) is 56.9 Å². The van der Waals surface area contributed by atoms with E-state index < -0.39 is 22.6 Å². The van der Waals surface area contributed by atoms with E-state index in [1.165, 1.54) is 0 Å². The Kier molecular flexibility index (Phi) is 8.18. The first-order valence-corrected chi connectivity index (χ1v) is 10.1. The topological polar surface area (TPSA) is 114 Å². The van der Waals surface area contributed by atoms with Crippen molar-refractivity contribution in [3.63, 3.8) is 0 Å². The average Bonchev–Trinajstić information content (AvgIpc) is 2.72. The summed E-state index contributed by atoms with van der Waals surface area (Å²) < 4.78 is 10.4. The standard InChI is InChI=1S/C22H29N3O6/c1-5-30-19-16(17(26)18(19)27)23-11-13-25(20(28)15-9-7-6-8-10-15)14-12-24-21(29)31-22(2,3)4/h6-10,23H,5,11-14H2,1-4H3,(H,24,29). The van der Waals surface area contributed by atoms with Gasteiger partial charge in [-0.2, -0.15) is 0 Å². The largest absolute Gasteiger partial charge is 0.488 e. The lowest BCUT2D eigenvalue weighted by molar-refractivity contribution is 0.0514. The van der Waals surface area contributed by atoms with Crippen LogP contribution in [0.5, 0.6) is 5.75 Å². The van der Waals surface area contributed by atoms with Crippen molar-refractivity contribution < 1.29 is 19.1 Å². The molecule has 31 heavy (non-hydrogen) atoms. The van der Waals surface area contributed by atoms with Crippen molar-refractivity contribution in [2.24, 2.45) is 0 Å². The molecule has 2 rings (SSSR count). The number of rotatable bonds is 10. The smallest absolute Gasteiger partial charge is 0.407 e. The van der Waals surface area contributed by atoms with Crippen LogP contribution in [0, 0.1) is 0 Å². The number of ether oxygens (including phenoxy) is 2. The first-order valence-electron chi connectivity index (χ1n) is 10.1. The lowest BCUT2D eigenvalue weighted by Crippen LogP contribution is -2.43. The van der Waals surface area contributed by atoms with Crippen LogP contribution in [0.4, 0.5) is 10.5 Å². The molecule has 0 atom stereocenters. The number of hydrogen-bond donors (Lipinski definition) is 2. The molecule has 0 radical (unpaired) electrons. The molecule has 0 fully saturated rings. The maximum absolute atomic E-state index is 12.9. The minimum Gasteiger partial charge on any atom is -0.488 e. The second-order valence-corrected chi connectivity index (χ2v) is 7.81. The Labute approximate surface area is 181 Å². The molecule has 2 amide bonds. The first-order chi connectivity index (χ1) is 14.6. The molecule has 0 unspecified atom stereocenters. The van der Waals surface area contributed by atoms with Crippen LogP contribution in [0.25, 0.3) is 0 Å². The summed E-state index contributed by atoms with van der Waals surface area (Å²) in [5, 5.41) is 5.51. The molecule has 0 aliphatic rings. The predicted molar refractivity (Wildman–Crippen MR) is 118 cm³/mol. The third kappa shape index (κ3) is 6.84. The molecular formula is C22H29N3O6. The van der Waals surface area contributed by atoms with Gasteiger partial charge in [0.1, 0.15) is 11.3 Å². The second-order valence-electron chi connectivity index (χ2n) is 7.81. The highest BCUT2D eigenvalue weighted by molar-refractivity contribution is 5.94. The zero-order valence-corrected chi connectivity index (χ0v) is 18.3. The summed E-state index contributed by atoms with van der Waals surface area (Å²) >= 11 is 0. The summed E-state index contributed by atoms with van der Waals surface area (Å²) in [5.74, 6) is -0.191. The molecule has 2 aromatic rings. The van der Waals surface area contributed by atoms with Crippen molar-refractivity contribution in [3.05, 3.63) is 56.3 Å². The summed E-state index contributed by atoms with van der Waals surface area (Å²) in [4.78, 5) is 49.6. The van der Waals surface area contributed by atoms with Crippen molar-refractivity contribution in [1.29, 1.82) is 0 Å². The van der Waals surface area contributed by atoms with E-state index in [2.05, 4.69) is 10.6 Å². The Balaban J connectivity index is 1.99. The number of carbonyl (C=O) groups excluding carboxylic acids is 2. The fourth-order valence-electron chi connectivity index (χ4n) is 2.81. The number of alkyl carbamates (subject to hydrolysis) is 1. The van der Waals surface area contributed by atoms with Crippen molar-refractivity contribution in [3.8, 4) is 5.75 Å². The van der Waals surface area contributed by atoms with Gasteiger partial charge in [0.15, 0.2) is 5.75 Å². The highest BCUT2D eigenvalue weighted by Crippen LogP contribution is 2.17. The van der Waals surface area contributed by atoms with Gasteiger partial charge in [0.05, 0.1) is 6.61 Å². The normalized spacial score (nSPS) is 11.1. The molecule has 0 aromatic heterocycles. The first kappa shape index (κ1) is 23.9. The van der Waals surface area contributed by atoms with E-state index in [1.807, 2.05) is 6.07 Å². The quantitative estimate of drug-likeness (QED) is 0.551. The second kappa shape index (κ2) is 10.6. The number of nitrogens with one attached hydrogen (secondary N) is 2. The van der Waals surface area contributed by atoms with Crippen LogP contribution in [0.3, 0.4) is 0 Å². The predicted octanol–water partition coefficient (Wildman–Crippen LogP) is 1.76. The highest BCUT2D eigenvalue weighted by Gasteiger charge is 2.23. The summed E-state index contributed by atoms with van der Waals surface area (Å²) in [5.41, 5.74) is -1.26. The van der Waals surface area contributed by atoms with Crippen molar-refractivity contribution in [2.45, 2.75) is 33.3 Å². The Hall–Kier alpha value is -3.36. The average molecular weight is 431 g/mol. The fourth-order valence-corrected chi connectivity index (χ4v) is 2.81. The monoisotopic (exact) mass is 431 g/mol. The van der Waals surface area contributed by atoms with Gasteiger partial charge in [-0.15, -0.1) is 0 Å². The molecule has 0 bridgehead atoms. The molecule has 0 aliphatic heterocycles. The van der Waals surface area contributed by atoms with Gasteiger partial charge in [-0.25, -0.2) is 4.79 Å². The lowest BCUT2D eigenvalue weighted by Gasteiger charge is -2.25. The molecule has 9 nitrogen and oxygen atoms in total. The van der Waals surface area contributed by atoms with Gasteiger partial charge in [-0.05, 0) is 39.8 Å². The maximum Gasteiger partial charge on any atom is 0.407 e. The Morgan fingerprint density at radius 2 is 1.65 bits per heavy atom. The van der Waals surface area contributed by atoms with Crippen molar-refractivity contribution in [1.82, 2.24) is 10.2 Å². The Morgan fingerprint density at radius 3 is 2.26 bits per heavy atom. The van der Waals surface area contributed by atoms with Crippen LogP contribution in [-0.4, -0.2) is 55.3 Å². The van der Waals surface area contributed by atoms with E-state index in [0.717, 1.165) is 0 Å². The molecule has 2 N–H and O–H groups in total. The Morgan fingerprint density at radius 1 is 1.00 bits per heavy atom. The zero-order valence-electron chi connectivity index (χ0n) is 18.3. The van der Waals surface area contributed by atoms with Crippen LogP contribution in [0.15, 0.2) is 39.9 Å². The third-order valence-electron chi connectivity index (χ3n) is 4.20. The van der Waals surface area contributed by atoms with Crippen LogP contribution in [-0.2, 0) is 4.74 Å². The minimum atomic E-state index is -0.650. The number of amides is 2. The molecule has 0 saturated carbocycles. The zero-order chi connectivity index (χ0) is 23.0. The maximum atomic E-state index is 12.9. The fraction of sp³-hybridized carbons (Fsp3) is 0.455. The number of hydrogen-bond acceptors (Lipinski definition) is 7. The van der Waals surface area contributed by atoms with Crippen molar-refractivity contribution in [2.75, 3.05) is 38.1 Å². The molecule has 0 saturated heterocycles. The SMILES string of the molecule is CCOc1c(NCCN(CCNC(=O)OC(C)(C)C)C(=O)c2ccccc2)c(=O)c1=O. The van der Waals surface area contributed by atoms with Gasteiger partial charge >= 0.3 is 6.09 Å². The summed E-state index contributed by atoms with van der Waals surface area (Å²) in [7, 11) is 0. The molecule has 168 valence electrons. The van der Waals surface area contributed by atoms with Gasteiger partial charge in [-0.1, -0.05) is 18.2 Å². The molecular weight excluding hydrogens is 402 g/mol. The van der Waals surface area contributed by atoms with Crippen LogP contribution < -0.4 is 26.2 Å². The molecule has 9 heteroatoms. The summed E-state index contributed by atoms with van der Waals surface area (Å²) in [6.07, 6.45) is -0.567. The minimum absolute atomic E-state index is 0.0278. The number of anilines is 1. The Bertz CT molecular complexity index is 958. The van der Waals surface area contributed by atoms with Crippen molar-refractivity contribution >= 4 is 17.7 Å². The van der Waals surface area contributed by atoms with E-state index in [9.17, 15) is 19.2 Å². The van der Waals surface area contributed by atoms with Gasteiger partial charge < -0.3 is 25.0 Å². The third-order valence-corrected chi connectivity index (χ3v) is 4.20. The number of benzene rings is 1. The highest BCUT2D eigenvalue weighted by atomic mass is 16.6. The summed E-state index contributed by atoms with van der Waals surface area (Å²) in [6, 6.07) is 8.75. The molecule has 0 spiro atoms. The van der Waals surface area contributed by atoms with Gasteiger partial charge in [0.25, 0.3) is 16.8 Å². The molecule has 0 heterocycles. The van der Waals surface area contributed by atoms with Crippen LogP contribution in [0.1, 0.15) is 38.1 Å². The summed E-state index contributed by atoms with van der Waals surface area (Å²) in [6.45, 7) is 8.19. The van der Waals surface area contributed by atoms with Gasteiger partial charge in [-0.3, -0.25) is 14.4 Å². The molecule has 2 aromatic carbocycles. The molecule has 0 aliphatic carbocycles.